The van der Waals surface area contributed by atoms with E-state index in [2.05, 4.69) is 25.6 Å². The van der Waals surface area contributed by atoms with Crippen molar-refractivity contribution in [1.29, 1.82) is 0 Å². The SMILES string of the molecule is Nc1nc2ncccc2cc1C(=O)NCCCNC(=O)c1cc2ccccc2c(=O)[nH]1. The van der Waals surface area contributed by atoms with Crippen molar-refractivity contribution >= 4 is 39.4 Å². The summed E-state index contributed by atoms with van der Waals surface area (Å²) in [5.41, 5.74) is 6.51. The van der Waals surface area contributed by atoms with E-state index in [-0.39, 0.29) is 34.4 Å². The molecule has 0 bridgehead atoms. The second kappa shape index (κ2) is 8.62. The van der Waals surface area contributed by atoms with Crippen LogP contribution in [-0.4, -0.2) is 39.9 Å². The molecule has 9 heteroatoms. The maximum atomic E-state index is 12.4. The number of pyridine rings is 3. The largest absolute Gasteiger partial charge is 0.383 e. The number of amides is 2. The van der Waals surface area contributed by atoms with Gasteiger partial charge in [0.15, 0.2) is 5.65 Å². The van der Waals surface area contributed by atoms with Gasteiger partial charge in [0.1, 0.15) is 11.5 Å². The standard InChI is InChI=1S/C22H20N6O3/c23-18-16(11-14-6-3-8-24-19(14)28-18)20(29)25-9-4-10-26-22(31)17-12-13-5-1-2-7-15(13)21(30)27-17/h1-3,5-8,11-12H,4,9-10H2,(H,25,29)(H,26,31)(H,27,30)(H2,23,24,28). The molecular weight excluding hydrogens is 396 g/mol. The Morgan fingerprint density at radius 3 is 2.55 bits per heavy atom. The lowest BCUT2D eigenvalue weighted by Crippen LogP contribution is -2.31. The molecule has 0 atom stereocenters. The first-order chi connectivity index (χ1) is 15.0. The quantitative estimate of drug-likeness (QED) is 0.352. The molecular formula is C22H20N6O3. The van der Waals surface area contributed by atoms with E-state index in [9.17, 15) is 14.4 Å². The Bertz CT molecular complexity index is 1350. The van der Waals surface area contributed by atoms with Gasteiger partial charge >= 0.3 is 0 Å². The molecule has 0 aliphatic carbocycles. The van der Waals surface area contributed by atoms with Crippen LogP contribution in [0.3, 0.4) is 0 Å². The molecule has 0 saturated heterocycles. The van der Waals surface area contributed by atoms with Crippen LogP contribution in [0.15, 0.2) is 59.5 Å². The number of hydrogen-bond donors (Lipinski definition) is 4. The molecule has 0 radical (unpaired) electrons. The molecule has 156 valence electrons. The number of benzene rings is 1. The fourth-order valence-electron chi connectivity index (χ4n) is 3.22. The van der Waals surface area contributed by atoms with E-state index in [0.717, 1.165) is 5.39 Å². The minimum Gasteiger partial charge on any atom is -0.383 e. The maximum Gasteiger partial charge on any atom is 0.267 e. The van der Waals surface area contributed by atoms with Gasteiger partial charge in [-0.3, -0.25) is 14.4 Å². The summed E-state index contributed by atoms with van der Waals surface area (Å²) in [6.45, 7) is 0.654. The molecule has 0 aliphatic heterocycles. The van der Waals surface area contributed by atoms with Crippen molar-refractivity contribution in [1.82, 2.24) is 25.6 Å². The van der Waals surface area contributed by atoms with Crippen LogP contribution >= 0.6 is 0 Å². The van der Waals surface area contributed by atoms with Gasteiger partial charge in [0.2, 0.25) is 0 Å². The van der Waals surface area contributed by atoms with E-state index in [1.165, 1.54) is 0 Å². The molecule has 2 amide bonds. The average Bonchev–Trinajstić information content (AvgIpc) is 2.78. The third-order valence-corrected chi connectivity index (χ3v) is 4.79. The molecule has 0 unspecified atom stereocenters. The van der Waals surface area contributed by atoms with Gasteiger partial charge in [-0.1, -0.05) is 18.2 Å². The normalized spacial score (nSPS) is 10.8. The van der Waals surface area contributed by atoms with Gasteiger partial charge in [0, 0.05) is 30.1 Å². The predicted octanol–water partition coefficient (Wildman–Crippen LogP) is 1.60. The molecule has 3 heterocycles. The van der Waals surface area contributed by atoms with Crippen LogP contribution in [0.2, 0.25) is 0 Å². The van der Waals surface area contributed by atoms with Crippen LogP contribution in [0.5, 0.6) is 0 Å². The second-order valence-electron chi connectivity index (χ2n) is 6.94. The number of rotatable bonds is 6. The van der Waals surface area contributed by atoms with E-state index in [0.29, 0.717) is 35.9 Å². The van der Waals surface area contributed by atoms with Crippen LogP contribution in [-0.2, 0) is 0 Å². The predicted molar refractivity (Wildman–Crippen MR) is 118 cm³/mol. The molecule has 1 aromatic carbocycles. The topological polar surface area (TPSA) is 143 Å². The first-order valence-electron chi connectivity index (χ1n) is 9.72. The number of fused-ring (bicyclic) bond motifs is 2. The van der Waals surface area contributed by atoms with Crippen molar-refractivity contribution in [3.63, 3.8) is 0 Å². The molecule has 3 aromatic heterocycles. The summed E-state index contributed by atoms with van der Waals surface area (Å²) in [6.07, 6.45) is 2.11. The van der Waals surface area contributed by atoms with E-state index in [1.54, 1.807) is 54.7 Å². The zero-order chi connectivity index (χ0) is 21.8. The Morgan fingerprint density at radius 1 is 0.968 bits per heavy atom. The number of aromatic amines is 1. The van der Waals surface area contributed by atoms with Gasteiger partial charge in [-0.2, -0.15) is 0 Å². The monoisotopic (exact) mass is 416 g/mol. The Morgan fingerprint density at radius 2 is 1.71 bits per heavy atom. The first-order valence-corrected chi connectivity index (χ1v) is 9.72. The smallest absolute Gasteiger partial charge is 0.267 e. The number of H-pyrrole nitrogens is 1. The molecule has 0 aliphatic rings. The summed E-state index contributed by atoms with van der Waals surface area (Å²) in [5.74, 6) is -0.622. The molecule has 4 aromatic rings. The zero-order valence-electron chi connectivity index (χ0n) is 16.5. The van der Waals surface area contributed by atoms with E-state index < -0.39 is 0 Å². The van der Waals surface area contributed by atoms with E-state index in [4.69, 9.17) is 5.73 Å². The number of nitrogen functional groups attached to an aromatic ring is 1. The van der Waals surface area contributed by atoms with E-state index in [1.807, 2.05) is 0 Å². The molecule has 0 saturated carbocycles. The van der Waals surface area contributed by atoms with Gasteiger partial charge in [-0.25, -0.2) is 9.97 Å². The number of hydrogen-bond acceptors (Lipinski definition) is 6. The lowest BCUT2D eigenvalue weighted by molar-refractivity contribution is 0.0948. The maximum absolute atomic E-state index is 12.4. The highest BCUT2D eigenvalue weighted by Gasteiger charge is 2.13. The minimum absolute atomic E-state index is 0.109. The minimum atomic E-state index is -0.385. The lowest BCUT2D eigenvalue weighted by atomic mass is 10.1. The summed E-state index contributed by atoms with van der Waals surface area (Å²) >= 11 is 0. The number of nitrogens with one attached hydrogen (secondary N) is 3. The van der Waals surface area contributed by atoms with Crippen molar-refractivity contribution in [3.8, 4) is 0 Å². The molecule has 9 nitrogen and oxygen atoms in total. The number of carbonyl (C=O) groups is 2. The highest BCUT2D eigenvalue weighted by Crippen LogP contribution is 2.16. The van der Waals surface area contributed by atoms with Crippen molar-refractivity contribution < 1.29 is 9.59 Å². The van der Waals surface area contributed by atoms with Crippen LogP contribution in [0.1, 0.15) is 27.3 Å². The Hall–Kier alpha value is -4.27. The molecule has 4 rings (SSSR count). The Kier molecular flexibility index (Phi) is 5.57. The number of nitrogens with zero attached hydrogens (tertiary/aromatic N) is 2. The van der Waals surface area contributed by atoms with Gasteiger partial charge in [-0.15, -0.1) is 0 Å². The van der Waals surface area contributed by atoms with E-state index >= 15 is 0 Å². The van der Waals surface area contributed by atoms with Gasteiger partial charge in [-0.05, 0) is 42.1 Å². The number of aromatic nitrogens is 3. The van der Waals surface area contributed by atoms with Crippen molar-refractivity contribution in [3.05, 3.63) is 76.3 Å². The third-order valence-electron chi connectivity index (χ3n) is 4.79. The van der Waals surface area contributed by atoms with Gasteiger partial charge in [0.05, 0.1) is 5.56 Å². The van der Waals surface area contributed by atoms with Gasteiger partial charge in [0.25, 0.3) is 17.4 Å². The van der Waals surface area contributed by atoms with Crippen LogP contribution < -0.4 is 21.9 Å². The molecule has 0 spiro atoms. The highest BCUT2D eigenvalue weighted by molar-refractivity contribution is 6.01. The fraction of sp³-hybridized carbons (Fsp3) is 0.136. The second-order valence-corrected chi connectivity index (χ2v) is 6.94. The summed E-state index contributed by atoms with van der Waals surface area (Å²) in [7, 11) is 0. The number of nitrogens with two attached hydrogens (primary N) is 1. The molecule has 5 N–H and O–H groups in total. The van der Waals surface area contributed by atoms with Crippen molar-refractivity contribution in [2.24, 2.45) is 0 Å². The number of anilines is 1. The van der Waals surface area contributed by atoms with Crippen molar-refractivity contribution in [2.45, 2.75) is 6.42 Å². The summed E-state index contributed by atoms with van der Waals surface area (Å²) < 4.78 is 0. The fourth-order valence-corrected chi connectivity index (χ4v) is 3.22. The first kappa shape index (κ1) is 20.0. The van der Waals surface area contributed by atoms with Crippen molar-refractivity contribution in [2.75, 3.05) is 18.8 Å². The lowest BCUT2D eigenvalue weighted by Gasteiger charge is -2.09. The molecule has 31 heavy (non-hydrogen) atoms. The Balaban J connectivity index is 1.30. The highest BCUT2D eigenvalue weighted by atomic mass is 16.2. The van der Waals surface area contributed by atoms with Crippen LogP contribution in [0.4, 0.5) is 5.82 Å². The Labute approximate surface area is 176 Å². The molecule has 0 fully saturated rings. The average molecular weight is 416 g/mol. The summed E-state index contributed by atoms with van der Waals surface area (Å²) in [4.78, 5) is 47.7. The third kappa shape index (κ3) is 4.35. The van der Waals surface area contributed by atoms with Gasteiger partial charge < -0.3 is 21.4 Å². The van der Waals surface area contributed by atoms with Crippen LogP contribution in [0, 0.1) is 0 Å². The zero-order valence-corrected chi connectivity index (χ0v) is 16.5. The summed E-state index contributed by atoms with van der Waals surface area (Å²) in [5, 5.41) is 7.44. The number of carbonyl (C=O) groups excluding carboxylic acids is 2. The summed E-state index contributed by atoms with van der Waals surface area (Å²) in [6, 6.07) is 13.9. The van der Waals surface area contributed by atoms with Crippen LogP contribution in [0.25, 0.3) is 21.8 Å².